The summed E-state index contributed by atoms with van der Waals surface area (Å²) in [6.45, 7) is 1.54. The van der Waals surface area contributed by atoms with E-state index in [2.05, 4.69) is 21.2 Å². The molecule has 0 bridgehead atoms. The number of carbonyl (C=O) groups excluding carboxylic acids is 1. The third-order valence-corrected chi connectivity index (χ3v) is 3.77. The first kappa shape index (κ1) is 16.9. The van der Waals surface area contributed by atoms with E-state index in [1.807, 2.05) is 31.2 Å². The molecule has 1 amide bonds. The molecule has 0 saturated carbocycles. The molecule has 0 saturated heterocycles. The van der Waals surface area contributed by atoms with Gasteiger partial charge in [-0.25, -0.2) is 0 Å². The minimum atomic E-state index is -0.613. The normalized spacial score (nSPS) is 11.7. The average molecular weight is 380 g/mol. The van der Waals surface area contributed by atoms with Crippen LogP contribution in [0.5, 0.6) is 0 Å². The summed E-state index contributed by atoms with van der Waals surface area (Å²) in [5.74, 6) is -0.400. The van der Waals surface area contributed by atoms with Crippen molar-refractivity contribution in [1.29, 1.82) is 0 Å². The fourth-order valence-electron chi connectivity index (χ4n) is 2.03. The zero-order valence-electron chi connectivity index (χ0n) is 12.2. The zero-order chi connectivity index (χ0) is 17.0. The molecule has 2 rings (SSSR count). The summed E-state index contributed by atoms with van der Waals surface area (Å²) in [4.78, 5) is 33.8. The Morgan fingerprint density at radius 1 is 1.30 bits per heavy atom. The van der Waals surface area contributed by atoms with Gasteiger partial charge in [0, 0.05) is 16.6 Å². The van der Waals surface area contributed by atoms with Gasteiger partial charge in [0.05, 0.1) is 17.2 Å². The van der Waals surface area contributed by atoms with Crippen LogP contribution in [0, 0.1) is 10.1 Å². The third kappa shape index (κ3) is 4.49. The number of hydrogen-bond acceptors (Lipinski definition) is 4. The highest BCUT2D eigenvalue weighted by Crippen LogP contribution is 2.16. The van der Waals surface area contributed by atoms with Gasteiger partial charge in [0.15, 0.2) is 0 Å². The molecule has 120 valence electrons. The largest absolute Gasteiger partial charge is 0.348 e. The standard InChI is InChI=1S/C15H14BrN3O4/c1-10(11-2-4-12(16)5-3-11)17-14(20)9-18-8-13(19(22)23)6-7-15(18)21/h2-8,10H,9H2,1H3,(H,17,20)/t10-/m0/s1. The summed E-state index contributed by atoms with van der Waals surface area (Å²) >= 11 is 3.34. The third-order valence-electron chi connectivity index (χ3n) is 3.24. The van der Waals surface area contributed by atoms with Gasteiger partial charge in [-0.05, 0) is 24.6 Å². The lowest BCUT2D eigenvalue weighted by Crippen LogP contribution is -2.33. The summed E-state index contributed by atoms with van der Waals surface area (Å²) in [5.41, 5.74) is 0.202. The molecule has 0 fully saturated rings. The molecule has 0 spiro atoms. The molecule has 8 heteroatoms. The van der Waals surface area contributed by atoms with E-state index >= 15 is 0 Å². The lowest BCUT2D eigenvalue weighted by atomic mass is 10.1. The number of nitro groups is 1. The van der Waals surface area contributed by atoms with Crippen molar-refractivity contribution in [3.8, 4) is 0 Å². The fourth-order valence-corrected chi connectivity index (χ4v) is 2.29. The second-order valence-electron chi connectivity index (χ2n) is 4.95. The van der Waals surface area contributed by atoms with Gasteiger partial charge in [0.25, 0.3) is 11.2 Å². The number of nitrogens with zero attached hydrogens (tertiary/aromatic N) is 2. The maximum Gasteiger partial charge on any atom is 0.285 e. The van der Waals surface area contributed by atoms with Gasteiger partial charge < -0.3 is 5.32 Å². The van der Waals surface area contributed by atoms with E-state index in [9.17, 15) is 19.7 Å². The van der Waals surface area contributed by atoms with E-state index in [0.29, 0.717) is 0 Å². The predicted octanol–water partition coefficient (Wildman–Crippen LogP) is 2.40. The summed E-state index contributed by atoms with van der Waals surface area (Å²) in [6, 6.07) is 9.41. The highest BCUT2D eigenvalue weighted by molar-refractivity contribution is 9.10. The number of halogens is 1. The van der Waals surface area contributed by atoms with Gasteiger partial charge in [-0.1, -0.05) is 28.1 Å². The molecule has 2 aromatic rings. The van der Waals surface area contributed by atoms with Crippen LogP contribution in [0.3, 0.4) is 0 Å². The molecule has 1 heterocycles. The monoisotopic (exact) mass is 379 g/mol. The summed E-state index contributed by atoms with van der Waals surface area (Å²) in [6.07, 6.45) is 1.06. The average Bonchev–Trinajstić information content (AvgIpc) is 2.49. The van der Waals surface area contributed by atoms with Crippen molar-refractivity contribution in [2.24, 2.45) is 0 Å². The van der Waals surface area contributed by atoms with Crippen LogP contribution in [0.4, 0.5) is 5.69 Å². The van der Waals surface area contributed by atoms with Crippen molar-refractivity contribution in [3.63, 3.8) is 0 Å². The minimum Gasteiger partial charge on any atom is -0.348 e. The molecule has 1 aromatic carbocycles. The van der Waals surface area contributed by atoms with Gasteiger partial charge in [-0.3, -0.25) is 24.3 Å². The second-order valence-corrected chi connectivity index (χ2v) is 5.87. The van der Waals surface area contributed by atoms with Crippen molar-refractivity contribution in [2.45, 2.75) is 19.5 Å². The van der Waals surface area contributed by atoms with E-state index in [0.717, 1.165) is 32.9 Å². The molecule has 23 heavy (non-hydrogen) atoms. The Balaban J connectivity index is 2.07. The van der Waals surface area contributed by atoms with E-state index in [1.165, 1.54) is 0 Å². The first-order valence-electron chi connectivity index (χ1n) is 6.76. The zero-order valence-corrected chi connectivity index (χ0v) is 13.8. The van der Waals surface area contributed by atoms with Crippen molar-refractivity contribution < 1.29 is 9.72 Å². The number of benzene rings is 1. The molecule has 1 atom stereocenters. The maximum absolute atomic E-state index is 12.0. The van der Waals surface area contributed by atoms with Gasteiger partial charge in [-0.15, -0.1) is 0 Å². The number of aromatic nitrogens is 1. The van der Waals surface area contributed by atoms with E-state index < -0.39 is 16.4 Å². The van der Waals surface area contributed by atoms with E-state index in [4.69, 9.17) is 0 Å². The van der Waals surface area contributed by atoms with E-state index in [1.54, 1.807) is 0 Å². The van der Waals surface area contributed by atoms with Crippen LogP contribution in [-0.4, -0.2) is 15.4 Å². The van der Waals surface area contributed by atoms with E-state index in [-0.39, 0.29) is 18.3 Å². The topological polar surface area (TPSA) is 94.2 Å². The van der Waals surface area contributed by atoms with Crippen LogP contribution in [-0.2, 0) is 11.3 Å². The number of carbonyl (C=O) groups is 1. The van der Waals surface area contributed by atoms with Gasteiger partial charge in [-0.2, -0.15) is 0 Å². The lowest BCUT2D eigenvalue weighted by molar-refractivity contribution is -0.385. The number of hydrogen-bond donors (Lipinski definition) is 1. The van der Waals surface area contributed by atoms with Crippen molar-refractivity contribution in [1.82, 2.24) is 9.88 Å². The number of amides is 1. The number of pyridine rings is 1. The maximum atomic E-state index is 12.0. The Morgan fingerprint density at radius 2 is 1.96 bits per heavy atom. The summed E-state index contributed by atoms with van der Waals surface area (Å²) in [7, 11) is 0. The smallest absolute Gasteiger partial charge is 0.285 e. The number of nitrogens with one attached hydrogen (secondary N) is 1. The summed E-state index contributed by atoms with van der Waals surface area (Å²) in [5, 5.41) is 13.5. The SMILES string of the molecule is C[C@H](NC(=O)Cn1cc([N+](=O)[O-])ccc1=O)c1ccc(Br)cc1. The molecular formula is C15H14BrN3O4. The van der Waals surface area contributed by atoms with Gasteiger partial charge in [0.2, 0.25) is 5.91 Å². The molecule has 0 radical (unpaired) electrons. The first-order valence-corrected chi connectivity index (χ1v) is 7.56. The lowest BCUT2D eigenvalue weighted by Gasteiger charge is -2.15. The number of rotatable bonds is 5. The molecule has 0 aliphatic rings. The molecular weight excluding hydrogens is 366 g/mol. The Bertz CT molecular complexity index is 786. The Morgan fingerprint density at radius 3 is 2.57 bits per heavy atom. The first-order chi connectivity index (χ1) is 10.9. The molecule has 1 aromatic heterocycles. The Kier molecular flexibility index (Phi) is 5.28. The Labute approximate surface area is 140 Å². The Hall–Kier alpha value is -2.48. The van der Waals surface area contributed by atoms with Gasteiger partial charge in [0.1, 0.15) is 6.54 Å². The molecule has 0 unspecified atom stereocenters. The molecule has 0 aliphatic carbocycles. The summed E-state index contributed by atoms with van der Waals surface area (Å²) < 4.78 is 1.95. The van der Waals surface area contributed by atoms with Crippen LogP contribution in [0.2, 0.25) is 0 Å². The molecule has 1 N–H and O–H groups in total. The highest BCUT2D eigenvalue weighted by Gasteiger charge is 2.13. The molecule has 0 aliphatic heterocycles. The van der Waals surface area contributed by atoms with Crippen molar-refractivity contribution in [3.05, 3.63) is 73.1 Å². The second kappa shape index (κ2) is 7.19. The van der Waals surface area contributed by atoms with Gasteiger partial charge >= 0.3 is 0 Å². The van der Waals surface area contributed by atoms with Crippen LogP contribution in [0.25, 0.3) is 0 Å². The highest BCUT2D eigenvalue weighted by atomic mass is 79.9. The van der Waals surface area contributed by atoms with Crippen molar-refractivity contribution >= 4 is 27.5 Å². The predicted molar refractivity (Wildman–Crippen MR) is 88.1 cm³/mol. The van der Waals surface area contributed by atoms with Crippen LogP contribution in [0.15, 0.2) is 51.9 Å². The molecule has 7 nitrogen and oxygen atoms in total. The van der Waals surface area contributed by atoms with Crippen LogP contribution < -0.4 is 10.9 Å². The minimum absolute atomic E-state index is 0.238. The van der Waals surface area contributed by atoms with Crippen LogP contribution >= 0.6 is 15.9 Å². The quantitative estimate of drug-likeness (QED) is 0.637. The van der Waals surface area contributed by atoms with Crippen molar-refractivity contribution in [2.75, 3.05) is 0 Å². The van der Waals surface area contributed by atoms with Crippen LogP contribution in [0.1, 0.15) is 18.5 Å². The fraction of sp³-hybridized carbons (Fsp3) is 0.200.